The molecule has 1 fully saturated rings. The van der Waals surface area contributed by atoms with Crippen molar-refractivity contribution in [3.8, 4) is 11.5 Å². The fourth-order valence-electron chi connectivity index (χ4n) is 4.79. The van der Waals surface area contributed by atoms with Crippen molar-refractivity contribution in [1.29, 1.82) is 0 Å². The van der Waals surface area contributed by atoms with Crippen molar-refractivity contribution in [2.24, 2.45) is 11.7 Å². The highest BCUT2D eigenvalue weighted by molar-refractivity contribution is 7.11. The number of rotatable bonds is 9. The van der Waals surface area contributed by atoms with Gasteiger partial charge in [-0.3, -0.25) is 4.79 Å². The van der Waals surface area contributed by atoms with E-state index in [9.17, 15) is 9.59 Å². The topological polar surface area (TPSA) is 119 Å². The van der Waals surface area contributed by atoms with Gasteiger partial charge in [-0.2, -0.15) is 0 Å². The fourth-order valence-corrected chi connectivity index (χ4v) is 5.55. The van der Waals surface area contributed by atoms with E-state index >= 15 is 0 Å². The molecule has 10 heteroatoms. The maximum Gasteiger partial charge on any atom is 0.407 e. The van der Waals surface area contributed by atoms with Crippen molar-refractivity contribution in [3.63, 3.8) is 0 Å². The molecule has 2 heterocycles. The first-order chi connectivity index (χ1) is 20.0. The van der Waals surface area contributed by atoms with Gasteiger partial charge >= 0.3 is 6.09 Å². The fraction of sp³-hybridized carbons (Fsp3) is 0.344. The third kappa shape index (κ3) is 8.13. The minimum absolute atomic E-state index is 0.204. The molecule has 0 bridgehead atoms. The van der Waals surface area contributed by atoms with Crippen LogP contribution < -0.4 is 26.0 Å². The average Bonchev–Trinajstić information content (AvgIpc) is 3.45. The molecule has 1 aliphatic heterocycles. The molecule has 222 valence electrons. The molecule has 2 aromatic carbocycles. The van der Waals surface area contributed by atoms with Crippen molar-refractivity contribution in [2.45, 2.75) is 46.1 Å². The number of para-hydroxylation sites is 1. The maximum atomic E-state index is 13.3. The molecule has 0 aliphatic carbocycles. The number of benzene rings is 2. The number of nitrogens with two attached hydrogens (primary N) is 1. The van der Waals surface area contributed by atoms with Crippen LogP contribution in [0.3, 0.4) is 0 Å². The van der Waals surface area contributed by atoms with Crippen molar-refractivity contribution in [1.82, 2.24) is 10.3 Å². The van der Waals surface area contributed by atoms with E-state index in [0.29, 0.717) is 40.8 Å². The molecule has 1 atom stereocenters. The maximum absolute atomic E-state index is 13.3. The number of aromatic nitrogens is 1. The van der Waals surface area contributed by atoms with Gasteiger partial charge in [-0.25, -0.2) is 9.78 Å². The largest absolute Gasteiger partial charge is 0.457 e. The van der Waals surface area contributed by atoms with Gasteiger partial charge in [0.25, 0.3) is 5.91 Å². The second kappa shape index (κ2) is 13.6. The Balaban J connectivity index is 1.59. The van der Waals surface area contributed by atoms with Gasteiger partial charge in [0.05, 0.1) is 11.4 Å². The molecule has 1 aliphatic rings. The normalized spacial score (nSPS) is 15.3. The Labute approximate surface area is 251 Å². The molecule has 0 radical (unpaired) electrons. The van der Waals surface area contributed by atoms with Crippen LogP contribution in [0.4, 0.5) is 16.2 Å². The van der Waals surface area contributed by atoms with Gasteiger partial charge < -0.3 is 30.7 Å². The van der Waals surface area contributed by atoms with Crippen molar-refractivity contribution in [2.75, 3.05) is 29.9 Å². The van der Waals surface area contributed by atoms with E-state index in [1.807, 2.05) is 70.2 Å². The molecule has 4 N–H and O–H groups in total. The molecular weight excluding hydrogens is 550 g/mol. The van der Waals surface area contributed by atoms with E-state index in [1.165, 1.54) is 17.5 Å². The number of alkyl carbamates (subject to hydrolysis) is 1. The number of anilines is 2. The SMILES string of the molecule is C=C(/C=C\N)c1nc(C(=O)Nc2ccc(Oc3ccccc3)c(C)c2N2CCC[C@@H](CNC(=O)OC(C)(C)C)C2)cs1. The van der Waals surface area contributed by atoms with E-state index in [2.05, 4.69) is 27.1 Å². The summed E-state index contributed by atoms with van der Waals surface area (Å²) in [5.41, 5.74) is 8.30. The van der Waals surface area contributed by atoms with Crippen LogP contribution in [0.2, 0.25) is 0 Å². The van der Waals surface area contributed by atoms with Crippen LogP contribution in [0.1, 0.15) is 54.7 Å². The van der Waals surface area contributed by atoms with Crippen LogP contribution >= 0.6 is 11.3 Å². The van der Waals surface area contributed by atoms with Crippen molar-refractivity contribution >= 4 is 40.3 Å². The number of carbonyl (C=O) groups is 2. The number of piperidine rings is 1. The number of hydrogen-bond acceptors (Lipinski definition) is 8. The minimum Gasteiger partial charge on any atom is -0.457 e. The van der Waals surface area contributed by atoms with Crippen LogP contribution in [0.15, 0.2) is 66.7 Å². The van der Waals surface area contributed by atoms with Gasteiger partial charge in [-0.05, 0) is 83.0 Å². The van der Waals surface area contributed by atoms with Gasteiger partial charge in [0.2, 0.25) is 0 Å². The Morgan fingerprint density at radius 3 is 2.69 bits per heavy atom. The zero-order valence-corrected chi connectivity index (χ0v) is 25.4. The number of ether oxygens (including phenoxy) is 2. The summed E-state index contributed by atoms with van der Waals surface area (Å²) in [5.74, 6) is 1.31. The molecule has 0 unspecified atom stereocenters. The molecular formula is C32H39N5O4S. The first-order valence-electron chi connectivity index (χ1n) is 14.0. The molecule has 0 saturated carbocycles. The molecule has 1 saturated heterocycles. The third-order valence-electron chi connectivity index (χ3n) is 6.68. The number of hydrogen-bond donors (Lipinski definition) is 3. The van der Waals surface area contributed by atoms with Gasteiger partial charge in [0.15, 0.2) is 0 Å². The van der Waals surface area contributed by atoms with Gasteiger partial charge in [0.1, 0.15) is 27.8 Å². The quantitative estimate of drug-likeness (QED) is 0.237. The summed E-state index contributed by atoms with van der Waals surface area (Å²) >= 11 is 1.33. The lowest BCUT2D eigenvalue weighted by molar-refractivity contribution is 0.0517. The molecule has 2 amide bonds. The molecule has 42 heavy (non-hydrogen) atoms. The summed E-state index contributed by atoms with van der Waals surface area (Å²) in [6, 6.07) is 13.3. The van der Waals surface area contributed by atoms with Crippen LogP contribution in [0.25, 0.3) is 5.57 Å². The third-order valence-corrected chi connectivity index (χ3v) is 7.60. The Morgan fingerprint density at radius 1 is 1.21 bits per heavy atom. The van der Waals surface area contributed by atoms with Gasteiger partial charge in [0, 0.05) is 36.2 Å². The lowest BCUT2D eigenvalue weighted by Crippen LogP contribution is -2.42. The van der Waals surface area contributed by atoms with E-state index in [4.69, 9.17) is 15.2 Å². The summed E-state index contributed by atoms with van der Waals surface area (Å²) in [5, 5.41) is 8.33. The number of thiazole rings is 1. The molecule has 0 spiro atoms. The van der Waals surface area contributed by atoms with E-state index in [1.54, 1.807) is 11.5 Å². The monoisotopic (exact) mass is 589 g/mol. The summed E-state index contributed by atoms with van der Waals surface area (Å²) < 4.78 is 11.7. The highest BCUT2D eigenvalue weighted by Crippen LogP contribution is 2.40. The number of amides is 2. The lowest BCUT2D eigenvalue weighted by atomic mass is 9.96. The second-order valence-corrected chi connectivity index (χ2v) is 12.1. The summed E-state index contributed by atoms with van der Waals surface area (Å²) in [6.45, 7) is 13.5. The van der Waals surface area contributed by atoms with E-state index < -0.39 is 11.7 Å². The minimum atomic E-state index is -0.557. The number of allylic oxidation sites excluding steroid dienone is 2. The molecule has 1 aromatic heterocycles. The van der Waals surface area contributed by atoms with Crippen molar-refractivity contribution < 1.29 is 19.1 Å². The van der Waals surface area contributed by atoms with Gasteiger partial charge in [-0.15, -0.1) is 11.3 Å². The van der Waals surface area contributed by atoms with Crippen LogP contribution in [-0.2, 0) is 4.74 Å². The Bertz CT molecular complexity index is 1440. The number of nitrogens with one attached hydrogen (secondary N) is 2. The standard InChI is InChI=1S/C32H39N5O4S/c1-21(15-16-33)30-36-26(20-42-30)29(38)35-25-13-14-27(40-24-11-7-6-8-12-24)22(2)28(25)37-17-9-10-23(19-37)18-34-31(39)41-32(3,4)5/h6-8,11-16,20,23H,1,9-10,17-19,33H2,2-5H3,(H,34,39)(H,35,38)/b16-15-/t23-/m0/s1. The summed E-state index contributed by atoms with van der Waals surface area (Å²) in [6.07, 6.45) is 4.53. The smallest absolute Gasteiger partial charge is 0.407 e. The Kier molecular flexibility index (Phi) is 9.90. The summed E-state index contributed by atoms with van der Waals surface area (Å²) in [4.78, 5) is 32.3. The molecule has 9 nitrogen and oxygen atoms in total. The van der Waals surface area contributed by atoms with Crippen LogP contribution in [0, 0.1) is 12.8 Å². The summed E-state index contributed by atoms with van der Waals surface area (Å²) in [7, 11) is 0. The predicted molar refractivity (Wildman–Crippen MR) is 169 cm³/mol. The lowest BCUT2D eigenvalue weighted by Gasteiger charge is -2.37. The predicted octanol–water partition coefficient (Wildman–Crippen LogP) is 6.72. The first-order valence-corrected chi connectivity index (χ1v) is 14.8. The highest BCUT2D eigenvalue weighted by Gasteiger charge is 2.27. The number of carbonyl (C=O) groups excluding carboxylic acids is 2. The van der Waals surface area contributed by atoms with Gasteiger partial charge in [-0.1, -0.05) is 24.8 Å². The molecule has 3 aromatic rings. The van der Waals surface area contributed by atoms with Crippen molar-refractivity contribution in [3.05, 3.63) is 83.0 Å². The zero-order valence-electron chi connectivity index (χ0n) is 24.6. The highest BCUT2D eigenvalue weighted by atomic mass is 32.1. The van der Waals surface area contributed by atoms with E-state index in [-0.39, 0.29) is 11.8 Å². The number of nitrogens with zero attached hydrogens (tertiary/aromatic N) is 2. The van der Waals surface area contributed by atoms with E-state index in [0.717, 1.165) is 36.4 Å². The first kappa shape index (κ1) is 30.6. The van der Waals surface area contributed by atoms with Crippen LogP contribution in [0.5, 0.6) is 11.5 Å². The van der Waals surface area contributed by atoms with Crippen LogP contribution in [-0.4, -0.2) is 42.2 Å². The molecule has 4 rings (SSSR count). The Morgan fingerprint density at radius 2 is 1.98 bits per heavy atom. The Hall–Kier alpha value is -4.31. The zero-order chi connectivity index (χ0) is 30.3. The second-order valence-electron chi connectivity index (χ2n) is 11.2. The average molecular weight is 590 g/mol.